The van der Waals surface area contributed by atoms with Crippen LogP contribution >= 0.6 is 0 Å². The molecule has 3 unspecified atom stereocenters. The zero-order chi connectivity index (χ0) is 43.2. The highest BCUT2D eigenvalue weighted by molar-refractivity contribution is 5.95. The van der Waals surface area contributed by atoms with Gasteiger partial charge in [0.05, 0.1) is 23.1 Å². The Morgan fingerprint density at radius 2 is 1.12 bits per heavy atom. The summed E-state index contributed by atoms with van der Waals surface area (Å²) in [5, 5.41) is 34.3. The Morgan fingerprint density at radius 1 is 0.650 bits per heavy atom. The van der Waals surface area contributed by atoms with E-state index >= 15 is 0 Å². The smallest absolute Gasteiger partial charge is 0.251 e. The molecule has 2 aromatic heterocycles. The Kier molecular flexibility index (Phi) is 15.6. The molecule has 0 bridgehead atoms. The molecule has 312 valence electrons. The molecule has 3 atom stereocenters. The quantitative estimate of drug-likeness (QED) is 0.0507. The summed E-state index contributed by atoms with van der Waals surface area (Å²) in [6.45, 7) is 7.63. The number of hydroxylamine groups is 2. The van der Waals surface area contributed by atoms with Crippen LogP contribution in [0.25, 0.3) is 21.8 Å². The molecule has 4 aromatic carbocycles. The molecule has 0 spiro atoms. The van der Waals surface area contributed by atoms with E-state index in [1.807, 2.05) is 74.5 Å². The van der Waals surface area contributed by atoms with Crippen LogP contribution in [0.3, 0.4) is 0 Å². The first-order chi connectivity index (χ1) is 28.8. The first-order valence-corrected chi connectivity index (χ1v) is 19.2. The van der Waals surface area contributed by atoms with Crippen molar-refractivity contribution in [1.82, 2.24) is 31.6 Å². The minimum atomic E-state index is -1.03. The molecule has 0 aliphatic rings. The summed E-state index contributed by atoms with van der Waals surface area (Å²) in [6.07, 6.45) is -1.04. The number of para-hydroxylation sites is 2. The maximum atomic E-state index is 12.3. The van der Waals surface area contributed by atoms with Crippen molar-refractivity contribution >= 4 is 45.4 Å². The molecule has 6 aromatic rings. The average molecular weight is 817 g/mol. The van der Waals surface area contributed by atoms with E-state index in [-0.39, 0.29) is 18.9 Å². The molecule has 0 radical (unpaired) electrons. The van der Waals surface area contributed by atoms with E-state index in [1.54, 1.807) is 60.9 Å². The number of fused-ring (bicyclic) bond motifs is 2. The SMILES string of the molecule is Cc1cc(COc2ccc(C(=O)NC(C)CC(=O)NO)cc2)c2ccccc2n1.Cc1cc(COc2ccc(C(=O)NCC(C(=O)NO)C(C)O)cc2)c2ccccc2n1. The van der Waals surface area contributed by atoms with Crippen LogP contribution in [0.2, 0.25) is 0 Å². The predicted octanol–water partition coefficient (Wildman–Crippen LogP) is 5.49. The van der Waals surface area contributed by atoms with Gasteiger partial charge < -0.3 is 25.2 Å². The molecule has 15 heteroatoms. The number of nitrogens with one attached hydrogen (secondary N) is 4. The number of aromatic nitrogens is 2. The van der Waals surface area contributed by atoms with Gasteiger partial charge in [-0.2, -0.15) is 0 Å². The number of carbonyl (C=O) groups is 4. The van der Waals surface area contributed by atoms with E-state index in [9.17, 15) is 24.3 Å². The molecule has 0 saturated carbocycles. The number of amides is 4. The number of aliphatic hydroxyl groups excluding tert-OH is 1. The molecular weight excluding hydrogens is 769 g/mol. The molecule has 4 amide bonds. The fourth-order valence-corrected chi connectivity index (χ4v) is 6.31. The first kappa shape index (κ1) is 44.2. The lowest BCUT2D eigenvalue weighted by atomic mass is 10.0. The van der Waals surface area contributed by atoms with Crippen LogP contribution in [-0.4, -0.2) is 67.8 Å². The van der Waals surface area contributed by atoms with E-state index in [1.165, 1.54) is 12.4 Å². The van der Waals surface area contributed by atoms with Crippen molar-refractivity contribution in [2.75, 3.05) is 6.54 Å². The van der Waals surface area contributed by atoms with Gasteiger partial charge in [0.25, 0.3) is 17.7 Å². The van der Waals surface area contributed by atoms with Crippen molar-refractivity contribution in [1.29, 1.82) is 0 Å². The van der Waals surface area contributed by atoms with Crippen molar-refractivity contribution in [2.45, 2.75) is 59.5 Å². The van der Waals surface area contributed by atoms with Crippen LogP contribution < -0.4 is 31.1 Å². The lowest BCUT2D eigenvalue weighted by Gasteiger charge is -2.18. The second-order valence-electron chi connectivity index (χ2n) is 14.2. The number of rotatable bonds is 15. The Morgan fingerprint density at radius 3 is 1.57 bits per heavy atom. The van der Waals surface area contributed by atoms with Crippen LogP contribution in [0.15, 0.2) is 109 Å². The molecule has 6 rings (SSSR count). The zero-order valence-corrected chi connectivity index (χ0v) is 33.6. The minimum absolute atomic E-state index is 0.0112. The van der Waals surface area contributed by atoms with E-state index in [0.717, 1.165) is 44.3 Å². The number of hydrogen-bond donors (Lipinski definition) is 7. The van der Waals surface area contributed by atoms with Gasteiger partial charge in [0.1, 0.15) is 24.7 Å². The topological polar surface area (TPSA) is 221 Å². The number of pyridine rings is 2. The predicted molar refractivity (Wildman–Crippen MR) is 223 cm³/mol. The Hall–Kier alpha value is -6.94. The summed E-state index contributed by atoms with van der Waals surface area (Å²) >= 11 is 0. The first-order valence-electron chi connectivity index (χ1n) is 19.2. The highest BCUT2D eigenvalue weighted by Crippen LogP contribution is 2.23. The number of aryl methyl sites for hydroxylation is 2. The Labute approximate surface area is 346 Å². The minimum Gasteiger partial charge on any atom is -0.489 e. The third-order valence-electron chi connectivity index (χ3n) is 9.39. The maximum Gasteiger partial charge on any atom is 0.251 e. The largest absolute Gasteiger partial charge is 0.489 e. The normalized spacial score (nSPS) is 12.2. The van der Waals surface area contributed by atoms with Gasteiger partial charge in [0.15, 0.2) is 0 Å². The number of benzene rings is 4. The van der Waals surface area contributed by atoms with E-state index in [4.69, 9.17) is 19.9 Å². The maximum absolute atomic E-state index is 12.3. The van der Waals surface area contributed by atoms with Crippen LogP contribution in [0.5, 0.6) is 11.5 Å². The van der Waals surface area contributed by atoms with Crippen molar-refractivity contribution in [2.24, 2.45) is 5.92 Å². The monoisotopic (exact) mass is 816 g/mol. The highest BCUT2D eigenvalue weighted by atomic mass is 16.5. The molecule has 0 saturated heterocycles. The Balaban J connectivity index is 0.000000228. The van der Waals surface area contributed by atoms with Crippen LogP contribution in [-0.2, 0) is 22.8 Å². The van der Waals surface area contributed by atoms with Gasteiger partial charge in [-0.05, 0) is 100 Å². The summed E-state index contributed by atoms with van der Waals surface area (Å²) in [4.78, 5) is 56.3. The summed E-state index contributed by atoms with van der Waals surface area (Å²) in [5.41, 5.74) is 9.63. The molecule has 2 heterocycles. The van der Waals surface area contributed by atoms with Gasteiger partial charge in [-0.1, -0.05) is 36.4 Å². The molecule has 0 aliphatic carbocycles. The number of aliphatic hydroxyl groups is 1. The molecule has 60 heavy (non-hydrogen) atoms. The fourth-order valence-electron chi connectivity index (χ4n) is 6.31. The van der Waals surface area contributed by atoms with Gasteiger partial charge in [-0.15, -0.1) is 0 Å². The Bertz CT molecular complexity index is 2420. The second-order valence-corrected chi connectivity index (χ2v) is 14.2. The van der Waals surface area contributed by atoms with Crippen molar-refractivity contribution in [3.63, 3.8) is 0 Å². The van der Waals surface area contributed by atoms with Crippen LogP contribution in [0.1, 0.15) is 63.5 Å². The fraction of sp³-hybridized carbons (Fsp3) is 0.244. The lowest BCUT2D eigenvalue weighted by Crippen LogP contribution is -2.42. The lowest BCUT2D eigenvalue weighted by molar-refractivity contribution is -0.136. The van der Waals surface area contributed by atoms with Crippen LogP contribution in [0.4, 0.5) is 0 Å². The van der Waals surface area contributed by atoms with Crippen molar-refractivity contribution < 1.29 is 44.2 Å². The third-order valence-corrected chi connectivity index (χ3v) is 9.39. The molecular formula is C45H48N6O9. The van der Waals surface area contributed by atoms with Gasteiger partial charge in [0, 0.05) is 63.4 Å². The number of hydrogen-bond acceptors (Lipinski definition) is 11. The standard InChI is InChI=1S/C23H25N3O5.C22H23N3O4/c1-14-11-17(19-5-3-4-6-21(19)25-14)13-31-18-9-7-16(8-10-18)22(28)24-12-20(15(2)27)23(29)26-30;1-14-11-17(19-5-3-4-6-20(19)23-14)13-29-18-9-7-16(8-10-18)22(27)24-15(2)12-21(26)25-28/h3-11,15,20,27,30H,12-13H2,1-2H3,(H,24,28)(H,26,29);3-11,15,28H,12-13H2,1-2H3,(H,24,27)(H,25,26). The third kappa shape index (κ3) is 12.3. The van der Waals surface area contributed by atoms with Gasteiger partial charge in [-0.25, -0.2) is 11.0 Å². The zero-order valence-electron chi connectivity index (χ0n) is 33.6. The van der Waals surface area contributed by atoms with Crippen molar-refractivity contribution in [3.05, 3.63) is 143 Å². The van der Waals surface area contributed by atoms with Gasteiger partial charge >= 0.3 is 0 Å². The summed E-state index contributed by atoms with van der Waals surface area (Å²) in [6, 6.07) is 32.8. The number of carbonyl (C=O) groups excluding carboxylic acids is 4. The second kappa shape index (κ2) is 21.2. The molecule has 0 fully saturated rings. The summed E-state index contributed by atoms with van der Waals surface area (Å²) in [5.74, 6) is -1.73. The number of ether oxygens (including phenoxy) is 2. The molecule has 0 aliphatic heterocycles. The van der Waals surface area contributed by atoms with Gasteiger partial charge in [0.2, 0.25) is 5.91 Å². The average Bonchev–Trinajstić information content (AvgIpc) is 3.24. The van der Waals surface area contributed by atoms with E-state index in [0.29, 0.717) is 35.8 Å². The van der Waals surface area contributed by atoms with E-state index in [2.05, 4.69) is 20.6 Å². The van der Waals surface area contributed by atoms with Crippen molar-refractivity contribution in [3.8, 4) is 11.5 Å². The van der Waals surface area contributed by atoms with E-state index < -0.39 is 35.8 Å². The highest BCUT2D eigenvalue weighted by Gasteiger charge is 2.24. The molecule has 15 nitrogen and oxygen atoms in total. The van der Waals surface area contributed by atoms with Gasteiger partial charge in [-0.3, -0.25) is 39.6 Å². The molecule has 7 N–H and O–H groups in total. The van der Waals surface area contributed by atoms with Crippen LogP contribution in [0, 0.1) is 19.8 Å². The summed E-state index contributed by atoms with van der Waals surface area (Å²) < 4.78 is 11.8. The summed E-state index contributed by atoms with van der Waals surface area (Å²) in [7, 11) is 0. The number of nitrogens with zero attached hydrogens (tertiary/aromatic N) is 2.